The lowest BCUT2D eigenvalue weighted by Gasteiger charge is -2.02. The van der Waals surface area contributed by atoms with E-state index in [1.807, 2.05) is 6.92 Å². The molecule has 0 saturated heterocycles. The first-order chi connectivity index (χ1) is 8.59. The maximum Gasteiger partial charge on any atom is 0.300 e. The molecule has 0 atom stereocenters. The van der Waals surface area contributed by atoms with Crippen LogP contribution in [0.4, 0.5) is 0 Å². The number of aryl methyl sites for hydroxylation is 2. The summed E-state index contributed by atoms with van der Waals surface area (Å²) >= 11 is 0. The van der Waals surface area contributed by atoms with Crippen LogP contribution in [0, 0.1) is 6.92 Å². The predicted octanol–water partition coefficient (Wildman–Crippen LogP) is -0.444. The van der Waals surface area contributed by atoms with Gasteiger partial charge >= 0.3 is 5.56 Å². The molecule has 0 aliphatic heterocycles. The van der Waals surface area contributed by atoms with Crippen molar-refractivity contribution in [1.82, 2.24) is 34.6 Å². The first kappa shape index (κ1) is 10.6. The summed E-state index contributed by atoms with van der Waals surface area (Å²) in [7, 11) is 3.51. The van der Waals surface area contributed by atoms with Gasteiger partial charge in [-0.2, -0.15) is 14.9 Å². The van der Waals surface area contributed by atoms with Gasteiger partial charge in [-0.25, -0.2) is 0 Å². The molecular formula is C10H11N7O. The summed E-state index contributed by atoms with van der Waals surface area (Å²) in [6.07, 6.45) is 3.11. The van der Waals surface area contributed by atoms with Crippen LogP contribution in [-0.2, 0) is 14.1 Å². The molecule has 0 unspecified atom stereocenters. The number of hydrogen-bond donors (Lipinski definition) is 0. The number of hydrogen-bond acceptors (Lipinski definition) is 5. The summed E-state index contributed by atoms with van der Waals surface area (Å²) in [5.41, 5.74) is 2.12. The molecule has 3 heterocycles. The van der Waals surface area contributed by atoms with E-state index in [-0.39, 0.29) is 5.56 Å². The number of nitrogens with zero attached hydrogens (tertiary/aromatic N) is 7. The minimum Gasteiger partial charge on any atom is -0.271 e. The molecular weight excluding hydrogens is 234 g/mol. The molecule has 0 N–H and O–H groups in total. The van der Waals surface area contributed by atoms with Gasteiger partial charge in [0.1, 0.15) is 11.2 Å². The summed E-state index contributed by atoms with van der Waals surface area (Å²) in [6.45, 7) is 1.86. The van der Waals surface area contributed by atoms with Crippen LogP contribution in [0.3, 0.4) is 0 Å². The van der Waals surface area contributed by atoms with Gasteiger partial charge in [-0.05, 0) is 6.92 Å². The van der Waals surface area contributed by atoms with E-state index >= 15 is 0 Å². The Hall–Kier alpha value is -2.51. The average molecular weight is 245 g/mol. The molecule has 0 fully saturated rings. The maximum atomic E-state index is 12.3. The second-order valence-corrected chi connectivity index (χ2v) is 4.05. The minimum absolute atomic E-state index is 0.254. The van der Waals surface area contributed by atoms with E-state index < -0.39 is 0 Å². The van der Waals surface area contributed by atoms with Gasteiger partial charge in [-0.15, -0.1) is 5.10 Å². The molecule has 8 heteroatoms. The van der Waals surface area contributed by atoms with Crippen LogP contribution >= 0.6 is 0 Å². The molecule has 0 amide bonds. The smallest absolute Gasteiger partial charge is 0.271 e. The van der Waals surface area contributed by atoms with Crippen molar-refractivity contribution in [2.75, 3.05) is 0 Å². The molecule has 3 aromatic heterocycles. The lowest BCUT2D eigenvalue weighted by atomic mass is 10.4. The van der Waals surface area contributed by atoms with Gasteiger partial charge in [0.2, 0.25) is 0 Å². The summed E-state index contributed by atoms with van der Waals surface area (Å²) < 4.78 is 4.41. The zero-order valence-corrected chi connectivity index (χ0v) is 10.2. The van der Waals surface area contributed by atoms with Crippen molar-refractivity contribution < 1.29 is 0 Å². The van der Waals surface area contributed by atoms with Crippen molar-refractivity contribution >= 4 is 11.0 Å². The normalized spacial score (nSPS) is 11.3. The standard InChI is InChI=1S/C10H11N7O/c1-6-8(5-12-15(6)2)17-10(18)9-7(13-14-17)4-11-16(9)3/h4-5H,1-3H3. The third-order valence-corrected chi connectivity index (χ3v) is 2.99. The number of aromatic nitrogens is 7. The highest BCUT2D eigenvalue weighted by atomic mass is 16.1. The Morgan fingerprint density at radius 1 is 1.11 bits per heavy atom. The summed E-state index contributed by atoms with van der Waals surface area (Å²) in [4.78, 5) is 12.3. The molecule has 0 radical (unpaired) electrons. The molecule has 8 nitrogen and oxygen atoms in total. The fourth-order valence-corrected chi connectivity index (χ4v) is 1.83. The Kier molecular flexibility index (Phi) is 2.06. The molecule has 0 aliphatic carbocycles. The van der Waals surface area contributed by atoms with Gasteiger partial charge in [-0.1, -0.05) is 5.21 Å². The molecule has 18 heavy (non-hydrogen) atoms. The molecule has 3 aromatic rings. The van der Waals surface area contributed by atoms with Crippen LogP contribution in [-0.4, -0.2) is 34.6 Å². The predicted molar refractivity (Wildman–Crippen MR) is 63.4 cm³/mol. The number of fused-ring (bicyclic) bond motifs is 1. The van der Waals surface area contributed by atoms with Gasteiger partial charge in [0.25, 0.3) is 0 Å². The minimum atomic E-state index is -0.254. The van der Waals surface area contributed by atoms with Crippen LogP contribution in [0.15, 0.2) is 17.2 Å². The lowest BCUT2D eigenvalue weighted by molar-refractivity contribution is 0.708. The SMILES string of the molecule is Cc1c(-n2nnc3cnn(C)c3c2=O)cnn1C. The van der Waals surface area contributed by atoms with Crippen molar-refractivity contribution in [1.29, 1.82) is 0 Å². The monoisotopic (exact) mass is 245 g/mol. The molecule has 0 aromatic carbocycles. The molecule has 3 rings (SSSR count). The molecule has 92 valence electrons. The van der Waals surface area contributed by atoms with E-state index in [0.29, 0.717) is 16.7 Å². The number of rotatable bonds is 1. The van der Waals surface area contributed by atoms with E-state index in [4.69, 9.17) is 0 Å². The van der Waals surface area contributed by atoms with E-state index in [2.05, 4.69) is 20.5 Å². The Morgan fingerprint density at radius 3 is 2.50 bits per heavy atom. The Bertz CT molecular complexity index is 794. The lowest BCUT2D eigenvalue weighted by Crippen LogP contribution is -2.24. The summed E-state index contributed by atoms with van der Waals surface area (Å²) in [5.74, 6) is 0. The quantitative estimate of drug-likeness (QED) is 0.580. The van der Waals surface area contributed by atoms with Crippen molar-refractivity contribution in [2.24, 2.45) is 14.1 Å². The van der Waals surface area contributed by atoms with E-state index in [1.54, 1.807) is 25.0 Å². The van der Waals surface area contributed by atoms with Gasteiger partial charge < -0.3 is 0 Å². The second-order valence-electron chi connectivity index (χ2n) is 4.05. The first-order valence-corrected chi connectivity index (χ1v) is 5.36. The van der Waals surface area contributed by atoms with E-state index in [0.717, 1.165) is 5.69 Å². The van der Waals surface area contributed by atoms with Crippen LogP contribution in [0.5, 0.6) is 0 Å². The summed E-state index contributed by atoms with van der Waals surface area (Å²) in [6, 6.07) is 0. The molecule has 0 bridgehead atoms. The highest BCUT2D eigenvalue weighted by Crippen LogP contribution is 2.10. The van der Waals surface area contributed by atoms with E-state index in [1.165, 1.54) is 15.6 Å². The Balaban J connectivity index is 2.37. The second kappa shape index (κ2) is 3.49. The summed E-state index contributed by atoms with van der Waals surface area (Å²) in [5, 5.41) is 16.0. The fraction of sp³-hybridized carbons (Fsp3) is 0.300. The van der Waals surface area contributed by atoms with Crippen molar-refractivity contribution in [3.8, 4) is 5.69 Å². The Morgan fingerprint density at radius 2 is 1.83 bits per heavy atom. The van der Waals surface area contributed by atoms with Crippen molar-refractivity contribution in [3.05, 3.63) is 28.4 Å². The van der Waals surface area contributed by atoms with Crippen LogP contribution < -0.4 is 5.56 Å². The Labute approximate surface area is 101 Å². The topological polar surface area (TPSA) is 83.4 Å². The van der Waals surface area contributed by atoms with Gasteiger partial charge in [0.15, 0.2) is 5.52 Å². The van der Waals surface area contributed by atoms with Crippen LogP contribution in [0.2, 0.25) is 0 Å². The van der Waals surface area contributed by atoms with Gasteiger partial charge in [-0.3, -0.25) is 14.2 Å². The zero-order valence-electron chi connectivity index (χ0n) is 10.2. The highest BCUT2D eigenvalue weighted by Gasteiger charge is 2.14. The van der Waals surface area contributed by atoms with Crippen LogP contribution in [0.1, 0.15) is 5.69 Å². The largest absolute Gasteiger partial charge is 0.300 e. The molecule has 0 saturated carbocycles. The van der Waals surface area contributed by atoms with Crippen LogP contribution in [0.25, 0.3) is 16.7 Å². The fourth-order valence-electron chi connectivity index (χ4n) is 1.83. The van der Waals surface area contributed by atoms with Crippen molar-refractivity contribution in [2.45, 2.75) is 6.92 Å². The van der Waals surface area contributed by atoms with Crippen molar-refractivity contribution in [3.63, 3.8) is 0 Å². The third kappa shape index (κ3) is 1.28. The average Bonchev–Trinajstić information content (AvgIpc) is 2.87. The van der Waals surface area contributed by atoms with Gasteiger partial charge in [0.05, 0.1) is 18.1 Å². The third-order valence-electron chi connectivity index (χ3n) is 2.99. The van der Waals surface area contributed by atoms with Gasteiger partial charge in [0, 0.05) is 14.1 Å². The molecule has 0 aliphatic rings. The van der Waals surface area contributed by atoms with E-state index in [9.17, 15) is 4.79 Å². The highest BCUT2D eigenvalue weighted by molar-refractivity contribution is 5.72. The first-order valence-electron chi connectivity index (χ1n) is 5.36. The zero-order chi connectivity index (χ0) is 12.9. The maximum absolute atomic E-state index is 12.3. The molecule has 0 spiro atoms.